The molecule has 1 aromatic rings. The lowest BCUT2D eigenvalue weighted by molar-refractivity contribution is -0.123. The number of hydrogen-bond acceptors (Lipinski definition) is 3. The van der Waals surface area contributed by atoms with Gasteiger partial charge in [0.1, 0.15) is 0 Å². The minimum absolute atomic E-state index is 0.0894. The van der Waals surface area contributed by atoms with E-state index >= 15 is 0 Å². The van der Waals surface area contributed by atoms with Crippen LogP contribution in [0.25, 0.3) is 0 Å². The van der Waals surface area contributed by atoms with E-state index in [0.29, 0.717) is 0 Å². The normalized spacial score (nSPS) is 21.2. The molecule has 3 nitrogen and oxygen atoms in total. The summed E-state index contributed by atoms with van der Waals surface area (Å²) in [6.07, 6.45) is 3.40. The van der Waals surface area contributed by atoms with Crippen molar-refractivity contribution in [3.8, 4) is 0 Å². The van der Waals surface area contributed by atoms with Gasteiger partial charge in [-0.2, -0.15) is 0 Å². The third-order valence-electron chi connectivity index (χ3n) is 3.19. The molecule has 16 heavy (non-hydrogen) atoms. The minimum atomic E-state index is -0.121. The van der Waals surface area contributed by atoms with Crippen molar-refractivity contribution in [3.63, 3.8) is 0 Å². The van der Waals surface area contributed by atoms with Crippen LogP contribution in [0.1, 0.15) is 36.2 Å². The number of fused-ring (bicyclic) bond motifs is 1. The van der Waals surface area contributed by atoms with E-state index < -0.39 is 0 Å². The van der Waals surface area contributed by atoms with Crippen LogP contribution >= 0.6 is 11.3 Å². The standard InChI is InChI=1S/C12H18N2OS/c1-8(13-2)12(15)14-10-4-3-5-11-9(10)6-7-16-11/h6-8,10,13H,3-5H2,1-2H3,(H,14,15). The van der Waals surface area contributed by atoms with Crippen molar-refractivity contribution in [1.29, 1.82) is 0 Å². The Kier molecular flexibility index (Phi) is 3.61. The summed E-state index contributed by atoms with van der Waals surface area (Å²) in [6, 6.07) is 2.25. The van der Waals surface area contributed by atoms with Gasteiger partial charge in [-0.25, -0.2) is 0 Å². The molecule has 0 bridgehead atoms. The van der Waals surface area contributed by atoms with Crippen LogP contribution in [0.2, 0.25) is 0 Å². The second-order valence-corrected chi connectivity index (χ2v) is 5.26. The Balaban J connectivity index is 2.05. The second-order valence-electron chi connectivity index (χ2n) is 4.26. The van der Waals surface area contributed by atoms with Gasteiger partial charge in [0.25, 0.3) is 0 Å². The molecule has 2 unspecified atom stereocenters. The van der Waals surface area contributed by atoms with Crippen molar-refractivity contribution in [1.82, 2.24) is 10.6 Å². The summed E-state index contributed by atoms with van der Waals surface area (Å²) in [6.45, 7) is 1.88. The first-order valence-electron chi connectivity index (χ1n) is 5.76. The van der Waals surface area contributed by atoms with E-state index in [1.165, 1.54) is 23.3 Å². The zero-order valence-corrected chi connectivity index (χ0v) is 10.6. The molecule has 1 heterocycles. The predicted octanol–water partition coefficient (Wildman–Crippen LogP) is 1.85. The fourth-order valence-electron chi connectivity index (χ4n) is 2.06. The van der Waals surface area contributed by atoms with Crippen molar-refractivity contribution in [2.75, 3.05) is 7.05 Å². The van der Waals surface area contributed by atoms with Gasteiger partial charge in [0.05, 0.1) is 12.1 Å². The van der Waals surface area contributed by atoms with Gasteiger partial charge in [-0.15, -0.1) is 11.3 Å². The van der Waals surface area contributed by atoms with Gasteiger partial charge < -0.3 is 10.6 Å². The number of likely N-dealkylation sites (N-methyl/N-ethyl adjacent to an activating group) is 1. The van der Waals surface area contributed by atoms with Crippen molar-refractivity contribution in [2.24, 2.45) is 0 Å². The number of carbonyl (C=O) groups is 1. The van der Waals surface area contributed by atoms with E-state index in [1.807, 2.05) is 6.92 Å². The highest BCUT2D eigenvalue weighted by Crippen LogP contribution is 2.33. The van der Waals surface area contributed by atoms with Crippen LogP contribution in [-0.2, 0) is 11.2 Å². The quantitative estimate of drug-likeness (QED) is 0.844. The van der Waals surface area contributed by atoms with E-state index in [1.54, 1.807) is 18.4 Å². The summed E-state index contributed by atoms with van der Waals surface area (Å²) in [7, 11) is 1.81. The van der Waals surface area contributed by atoms with Crippen LogP contribution in [-0.4, -0.2) is 19.0 Å². The van der Waals surface area contributed by atoms with Gasteiger partial charge in [-0.3, -0.25) is 4.79 Å². The summed E-state index contributed by atoms with van der Waals surface area (Å²) >= 11 is 1.80. The fourth-order valence-corrected chi connectivity index (χ4v) is 3.05. The Labute approximate surface area is 100 Å². The summed E-state index contributed by atoms with van der Waals surface area (Å²) in [4.78, 5) is 13.2. The second kappa shape index (κ2) is 4.97. The number of hydrogen-bond donors (Lipinski definition) is 2. The SMILES string of the molecule is CNC(C)C(=O)NC1CCCc2sccc21. The molecule has 2 N–H and O–H groups in total. The van der Waals surface area contributed by atoms with E-state index in [0.717, 1.165) is 6.42 Å². The predicted molar refractivity (Wildman–Crippen MR) is 66.7 cm³/mol. The molecule has 2 atom stereocenters. The minimum Gasteiger partial charge on any atom is -0.348 e. The monoisotopic (exact) mass is 238 g/mol. The molecule has 0 aliphatic heterocycles. The van der Waals surface area contributed by atoms with Crippen LogP contribution < -0.4 is 10.6 Å². The topological polar surface area (TPSA) is 41.1 Å². The molecule has 1 aliphatic carbocycles. The average molecular weight is 238 g/mol. The highest BCUT2D eigenvalue weighted by molar-refractivity contribution is 7.10. The van der Waals surface area contributed by atoms with Crippen molar-refractivity contribution < 1.29 is 4.79 Å². The molecule has 1 aliphatic rings. The molecule has 0 fully saturated rings. The largest absolute Gasteiger partial charge is 0.348 e. The Hall–Kier alpha value is -0.870. The molecule has 1 amide bonds. The van der Waals surface area contributed by atoms with E-state index in [9.17, 15) is 4.79 Å². The van der Waals surface area contributed by atoms with Gasteiger partial charge in [0, 0.05) is 4.88 Å². The third kappa shape index (κ3) is 2.28. The maximum absolute atomic E-state index is 11.8. The van der Waals surface area contributed by atoms with Gasteiger partial charge >= 0.3 is 0 Å². The number of nitrogens with one attached hydrogen (secondary N) is 2. The van der Waals surface area contributed by atoms with Crippen LogP contribution in [0.3, 0.4) is 0 Å². The van der Waals surface area contributed by atoms with Crippen molar-refractivity contribution in [3.05, 3.63) is 21.9 Å². The van der Waals surface area contributed by atoms with Crippen LogP contribution in [0.4, 0.5) is 0 Å². The molecule has 0 saturated heterocycles. The first kappa shape index (κ1) is 11.6. The Bertz CT molecular complexity index is 375. The maximum Gasteiger partial charge on any atom is 0.237 e. The first-order chi connectivity index (χ1) is 7.72. The average Bonchev–Trinajstić information content (AvgIpc) is 2.77. The van der Waals surface area contributed by atoms with E-state index in [4.69, 9.17) is 0 Å². The first-order valence-corrected chi connectivity index (χ1v) is 6.64. The lowest BCUT2D eigenvalue weighted by atomic mass is 9.94. The fraction of sp³-hybridized carbons (Fsp3) is 0.583. The molecular weight excluding hydrogens is 220 g/mol. The van der Waals surface area contributed by atoms with Crippen LogP contribution in [0.5, 0.6) is 0 Å². The molecule has 0 aromatic carbocycles. The third-order valence-corrected chi connectivity index (χ3v) is 4.19. The zero-order valence-electron chi connectivity index (χ0n) is 9.75. The van der Waals surface area contributed by atoms with Gasteiger partial charge in [0.2, 0.25) is 5.91 Å². The van der Waals surface area contributed by atoms with Gasteiger partial charge in [-0.05, 0) is 50.2 Å². The van der Waals surface area contributed by atoms with Gasteiger partial charge in [-0.1, -0.05) is 0 Å². The van der Waals surface area contributed by atoms with Crippen LogP contribution in [0, 0.1) is 0 Å². The van der Waals surface area contributed by atoms with E-state index in [-0.39, 0.29) is 18.0 Å². The molecule has 1 aromatic heterocycles. The molecule has 0 spiro atoms. The number of carbonyl (C=O) groups excluding carboxylic acids is 1. The zero-order chi connectivity index (χ0) is 11.5. The number of amides is 1. The van der Waals surface area contributed by atoms with Crippen molar-refractivity contribution in [2.45, 2.75) is 38.3 Å². The molecule has 2 rings (SSSR count). The summed E-state index contributed by atoms with van der Waals surface area (Å²) in [5.74, 6) is 0.0894. The van der Waals surface area contributed by atoms with E-state index in [2.05, 4.69) is 22.1 Å². The van der Waals surface area contributed by atoms with Crippen molar-refractivity contribution >= 4 is 17.2 Å². The molecule has 4 heteroatoms. The van der Waals surface area contributed by atoms with Crippen LogP contribution in [0.15, 0.2) is 11.4 Å². The molecule has 0 radical (unpaired) electrons. The summed E-state index contributed by atoms with van der Waals surface area (Å²) in [5, 5.41) is 8.20. The highest BCUT2D eigenvalue weighted by atomic mass is 32.1. The Morgan fingerprint density at radius 3 is 3.19 bits per heavy atom. The molecule has 88 valence electrons. The number of aryl methyl sites for hydroxylation is 1. The lowest BCUT2D eigenvalue weighted by Gasteiger charge is -2.25. The number of rotatable bonds is 3. The lowest BCUT2D eigenvalue weighted by Crippen LogP contribution is -2.42. The smallest absolute Gasteiger partial charge is 0.237 e. The Morgan fingerprint density at radius 1 is 1.62 bits per heavy atom. The summed E-state index contributed by atoms with van der Waals surface area (Å²) in [5.41, 5.74) is 1.33. The Morgan fingerprint density at radius 2 is 2.44 bits per heavy atom. The number of thiophene rings is 1. The molecule has 0 saturated carbocycles. The highest BCUT2D eigenvalue weighted by Gasteiger charge is 2.23. The summed E-state index contributed by atoms with van der Waals surface area (Å²) < 4.78 is 0. The van der Waals surface area contributed by atoms with Gasteiger partial charge in [0.15, 0.2) is 0 Å². The maximum atomic E-state index is 11.8. The molecular formula is C12H18N2OS.